The second-order valence-electron chi connectivity index (χ2n) is 4.89. The number of anilines is 1. The molecule has 0 bridgehead atoms. The number of nitrogens with one attached hydrogen (secondary N) is 2. The summed E-state index contributed by atoms with van der Waals surface area (Å²) in [5, 5.41) is 0.776. The minimum atomic E-state index is -1.58. The highest BCUT2D eigenvalue weighted by molar-refractivity contribution is 7.86. The standard InChI is InChI=1S/C16H15FN2O2S/c1-10-6-7-13(12(17)8-10)19-22(20)15-9-18-16-11(15)4-3-5-14(16)21-2/h3-9,18-19H,1-2H3. The maximum absolute atomic E-state index is 13.9. The third kappa shape index (κ3) is 2.57. The molecule has 22 heavy (non-hydrogen) atoms. The third-order valence-electron chi connectivity index (χ3n) is 3.39. The number of methoxy groups -OCH3 is 1. The first-order valence-corrected chi connectivity index (χ1v) is 7.84. The van der Waals surface area contributed by atoms with Gasteiger partial charge < -0.3 is 9.72 Å². The molecule has 114 valence electrons. The van der Waals surface area contributed by atoms with E-state index in [1.54, 1.807) is 32.4 Å². The van der Waals surface area contributed by atoms with Crippen LogP contribution in [0.1, 0.15) is 5.56 Å². The van der Waals surface area contributed by atoms with Crippen molar-refractivity contribution in [3.63, 3.8) is 0 Å². The van der Waals surface area contributed by atoms with Gasteiger partial charge in [0.1, 0.15) is 11.6 Å². The van der Waals surface area contributed by atoms with E-state index >= 15 is 0 Å². The molecule has 1 aromatic heterocycles. The Hall–Kier alpha value is -2.34. The highest BCUT2D eigenvalue weighted by Crippen LogP contribution is 2.29. The summed E-state index contributed by atoms with van der Waals surface area (Å²) in [6, 6.07) is 10.2. The summed E-state index contributed by atoms with van der Waals surface area (Å²) in [7, 11) is -0.00622. The lowest BCUT2D eigenvalue weighted by molar-refractivity contribution is 0.419. The number of ether oxygens (including phenoxy) is 1. The maximum Gasteiger partial charge on any atom is 0.152 e. The number of rotatable bonds is 4. The number of H-pyrrole nitrogens is 1. The van der Waals surface area contributed by atoms with Crippen LogP contribution in [0, 0.1) is 12.7 Å². The van der Waals surface area contributed by atoms with Crippen LogP contribution in [0.25, 0.3) is 10.9 Å². The Balaban J connectivity index is 1.96. The first kappa shape index (κ1) is 14.6. The van der Waals surface area contributed by atoms with Crippen molar-refractivity contribution in [3.05, 3.63) is 54.0 Å². The van der Waals surface area contributed by atoms with Crippen LogP contribution in [0.15, 0.2) is 47.5 Å². The predicted octanol–water partition coefficient (Wildman–Crippen LogP) is 3.76. The van der Waals surface area contributed by atoms with Crippen LogP contribution in [0.2, 0.25) is 0 Å². The smallest absolute Gasteiger partial charge is 0.152 e. The summed E-state index contributed by atoms with van der Waals surface area (Å²) in [6.07, 6.45) is 1.64. The van der Waals surface area contributed by atoms with Gasteiger partial charge in [0.25, 0.3) is 0 Å². The number of benzene rings is 2. The van der Waals surface area contributed by atoms with Crippen molar-refractivity contribution in [1.29, 1.82) is 0 Å². The van der Waals surface area contributed by atoms with E-state index in [4.69, 9.17) is 4.74 Å². The molecular weight excluding hydrogens is 303 g/mol. The Morgan fingerprint density at radius 3 is 2.82 bits per heavy atom. The number of para-hydroxylation sites is 1. The predicted molar refractivity (Wildman–Crippen MR) is 86.0 cm³/mol. The Labute approximate surface area is 129 Å². The zero-order chi connectivity index (χ0) is 15.7. The van der Waals surface area contributed by atoms with Gasteiger partial charge in [-0.2, -0.15) is 0 Å². The minimum Gasteiger partial charge on any atom is -0.495 e. The summed E-state index contributed by atoms with van der Waals surface area (Å²) < 4.78 is 34.3. The van der Waals surface area contributed by atoms with Crippen LogP contribution in [0.3, 0.4) is 0 Å². The average Bonchev–Trinajstić information content (AvgIpc) is 2.94. The van der Waals surface area contributed by atoms with E-state index in [2.05, 4.69) is 9.71 Å². The molecule has 3 aromatic rings. The molecule has 1 heterocycles. The van der Waals surface area contributed by atoms with E-state index in [1.165, 1.54) is 6.07 Å². The van der Waals surface area contributed by atoms with Gasteiger partial charge in [0.2, 0.25) is 0 Å². The lowest BCUT2D eigenvalue weighted by Crippen LogP contribution is -2.06. The van der Waals surface area contributed by atoms with E-state index in [0.29, 0.717) is 10.6 Å². The Morgan fingerprint density at radius 1 is 1.27 bits per heavy atom. The first-order valence-electron chi connectivity index (χ1n) is 6.69. The summed E-state index contributed by atoms with van der Waals surface area (Å²) in [6.45, 7) is 1.80. The van der Waals surface area contributed by atoms with Gasteiger partial charge >= 0.3 is 0 Å². The highest BCUT2D eigenvalue weighted by Gasteiger charge is 2.14. The number of halogens is 1. The van der Waals surface area contributed by atoms with Crippen molar-refractivity contribution in [2.45, 2.75) is 11.8 Å². The molecule has 2 N–H and O–H groups in total. The summed E-state index contributed by atoms with van der Waals surface area (Å²) >= 11 is 0. The van der Waals surface area contributed by atoms with Gasteiger partial charge in [0, 0.05) is 11.6 Å². The summed E-state index contributed by atoms with van der Waals surface area (Å²) in [4.78, 5) is 3.60. The molecule has 0 spiro atoms. The van der Waals surface area contributed by atoms with Crippen LogP contribution >= 0.6 is 0 Å². The van der Waals surface area contributed by atoms with Gasteiger partial charge in [-0.25, -0.2) is 8.60 Å². The molecule has 2 aromatic carbocycles. The Morgan fingerprint density at radius 2 is 2.09 bits per heavy atom. The third-order valence-corrected chi connectivity index (χ3v) is 4.53. The largest absolute Gasteiger partial charge is 0.495 e. The van der Waals surface area contributed by atoms with Crippen LogP contribution < -0.4 is 9.46 Å². The molecule has 1 unspecified atom stereocenters. The van der Waals surface area contributed by atoms with Gasteiger partial charge in [0.15, 0.2) is 11.0 Å². The van der Waals surface area contributed by atoms with Crippen molar-refractivity contribution < 1.29 is 13.3 Å². The van der Waals surface area contributed by atoms with Gasteiger partial charge in [-0.3, -0.25) is 4.72 Å². The van der Waals surface area contributed by atoms with E-state index < -0.39 is 16.8 Å². The topological polar surface area (TPSA) is 54.1 Å². The van der Waals surface area contributed by atoms with Crippen molar-refractivity contribution in [2.24, 2.45) is 0 Å². The van der Waals surface area contributed by atoms with Gasteiger partial charge in [-0.05, 0) is 30.7 Å². The summed E-state index contributed by atoms with van der Waals surface area (Å²) in [5.41, 5.74) is 1.78. The zero-order valence-corrected chi connectivity index (χ0v) is 13.0. The lowest BCUT2D eigenvalue weighted by Gasteiger charge is -2.07. The molecule has 6 heteroatoms. The average molecular weight is 318 g/mol. The van der Waals surface area contributed by atoms with Crippen molar-refractivity contribution in [3.8, 4) is 5.75 Å². The minimum absolute atomic E-state index is 0.209. The van der Waals surface area contributed by atoms with E-state index in [1.807, 2.05) is 18.2 Å². The van der Waals surface area contributed by atoms with Crippen LogP contribution in [-0.2, 0) is 11.0 Å². The summed E-state index contributed by atoms with van der Waals surface area (Å²) in [5.74, 6) is 0.244. The number of hydrogen-bond acceptors (Lipinski definition) is 2. The molecule has 0 fully saturated rings. The van der Waals surface area contributed by atoms with Crippen molar-refractivity contribution in [2.75, 3.05) is 11.8 Å². The number of aryl methyl sites for hydroxylation is 1. The van der Waals surface area contributed by atoms with E-state index in [-0.39, 0.29) is 5.69 Å². The fourth-order valence-corrected chi connectivity index (χ4v) is 3.29. The molecule has 0 aliphatic heterocycles. The van der Waals surface area contributed by atoms with Gasteiger partial charge in [-0.1, -0.05) is 18.2 Å². The molecule has 0 amide bonds. The molecule has 0 aliphatic carbocycles. The number of aromatic amines is 1. The normalized spacial score (nSPS) is 12.3. The van der Waals surface area contributed by atoms with Crippen LogP contribution in [-0.4, -0.2) is 16.3 Å². The second-order valence-corrected chi connectivity index (χ2v) is 6.07. The van der Waals surface area contributed by atoms with Gasteiger partial charge in [-0.15, -0.1) is 0 Å². The highest BCUT2D eigenvalue weighted by atomic mass is 32.2. The molecule has 3 rings (SSSR count). The quantitative estimate of drug-likeness (QED) is 0.769. The van der Waals surface area contributed by atoms with Crippen molar-refractivity contribution in [1.82, 2.24) is 4.98 Å². The fourth-order valence-electron chi connectivity index (χ4n) is 2.28. The molecule has 4 nitrogen and oxygen atoms in total. The maximum atomic E-state index is 13.9. The zero-order valence-electron chi connectivity index (χ0n) is 12.1. The molecule has 1 atom stereocenters. The number of fused-ring (bicyclic) bond motifs is 1. The number of aromatic nitrogens is 1. The molecule has 0 radical (unpaired) electrons. The van der Waals surface area contributed by atoms with Crippen LogP contribution in [0.4, 0.5) is 10.1 Å². The van der Waals surface area contributed by atoms with E-state index in [0.717, 1.165) is 16.5 Å². The lowest BCUT2D eigenvalue weighted by atomic mass is 10.2. The Kier molecular flexibility index (Phi) is 3.85. The first-order chi connectivity index (χ1) is 10.6. The van der Waals surface area contributed by atoms with Gasteiger partial charge in [0.05, 0.1) is 23.2 Å². The SMILES string of the molecule is COc1cccc2c(S(=O)Nc3ccc(C)cc3F)c[nH]c12. The second kappa shape index (κ2) is 5.81. The molecule has 0 saturated carbocycles. The fraction of sp³-hybridized carbons (Fsp3) is 0.125. The molecule has 0 saturated heterocycles. The molecule has 0 aliphatic rings. The Bertz CT molecular complexity index is 860. The van der Waals surface area contributed by atoms with Crippen LogP contribution in [0.5, 0.6) is 5.75 Å². The monoisotopic (exact) mass is 318 g/mol. The molecular formula is C16H15FN2O2S. The number of hydrogen-bond donors (Lipinski definition) is 2. The van der Waals surface area contributed by atoms with Crippen molar-refractivity contribution >= 4 is 27.6 Å². The van der Waals surface area contributed by atoms with E-state index in [9.17, 15) is 8.60 Å².